The molecular formula is C15H15N3O. The minimum atomic E-state index is 0.187. The summed E-state index contributed by atoms with van der Waals surface area (Å²) in [5.41, 5.74) is 2.55. The summed E-state index contributed by atoms with van der Waals surface area (Å²) in [5, 5.41) is 10.4. The van der Waals surface area contributed by atoms with Gasteiger partial charge >= 0.3 is 0 Å². The van der Waals surface area contributed by atoms with Gasteiger partial charge < -0.3 is 9.64 Å². The Morgan fingerprint density at radius 1 is 1.42 bits per heavy atom. The van der Waals surface area contributed by atoms with Crippen LogP contribution in [0.25, 0.3) is 10.9 Å². The van der Waals surface area contributed by atoms with E-state index >= 15 is 0 Å². The minimum absolute atomic E-state index is 0.187. The van der Waals surface area contributed by atoms with Crippen LogP contribution in [0.2, 0.25) is 0 Å². The molecule has 1 fully saturated rings. The van der Waals surface area contributed by atoms with Crippen LogP contribution in [-0.2, 0) is 4.74 Å². The number of aromatic nitrogens is 1. The Bertz CT molecular complexity index is 647. The second kappa shape index (κ2) is 4.87. The maximum absolute atomic E-state index is 9.33. The van der Waals surface area contributed by atoms with Crippen molar-refractivity contribution >= 4 is 16.6 Å². The van der Waals surface area contributed by atoms with Crippen molar-refractivity contribution in [3.8, 4) is 6.07 Å². The molecule has 1 saturated heterocycles. The first-order valence-electron chi connectivity index (χ1n) is 6.44. The summed E-state index contributed by atoms with van der Waals surface area (Å²) in [5.74, 6) is 0. The Morgan fingerprint density at radius 3 is 3.05 bits per heavy atom. The molecule has 0 spiro atoms. The number of hydrogen-bond donors (Lipinski definition) is 0. The lowest BCUT2D eigenvalue weighted by Crippen LogP contribution is -2.41. The molecule has 0 radical (unpaired) electrons. The molecule has 1 atom stereocenters. The van der Waals surface area contributed by atoms with Crippen LogP contribution in [0.3, 0.4) is 0 Å². The lowest BCUT2D eigenvalue weighted by atomic mass is 10.1. The molecule has 1 aliphatic rings. The van der Waals surface area contributed by atoms with Gasteiger partial charge in [0.05, 0.1) is 29.5 Å². The Labute approximate surface area is 112 Å². The normalized spacial score (nSPS) is 19.4. The number of fused-ring (bicyclic) bond motifs is 1. The van der Waals surface area contributed by atoms with E-state index in [2.05, 4.69) is 22.9 Å². The highest BCUT2D eigenvalue weighted by Crippen LogP contribution is 2.30. The van der Waals surface area contributed by atoms with Crippen LogP contribution in [0.4, 0.5) is 5.69 Å². The first-order valence-corrected chi connectivity index (χ1v) is 6.44. The van der Waals surface area contributed by atoms with Crippen molar-refractivity contribution in [2.45, 2.75) is 13.0 Å². The molecule has 4 heteroatoms. The maximum atomic E-state index is 9.33. The van der Waals surface area contributed by atoms with Gasteiger partial charge in [0.1, 0.15) is 6.07 Å². The Hall–Kier alpha value is -2.12. The van der Waals surface area contributed by atoms with E-state index in [1.54, 1.807) is 6.20 Å². The molecule has 0 bridgehead atoms. The van der Waals surface area contributed by atoms with Crippen molar-refractivity contribution in [3.05, 3.63) is 36.0 Å². The number of morpholine rings is 1. The van der Waals surface area contributed by atoms with E-state index < -0.39 is 0 Å². The lowest BCUT2D eigenvalue weighted by Gasteiger charge is -2.34. The molecule has 0 unspecified atom stereocenters. The molecular weight excluding hydrogens is 238 g/mol. The highest BCUT2D eigenvalue weighted by Gasteiger charge is 2.21. The number of pyridine rings is 1. The van der Waals surface area contributed by atoms with Gasteiger partial charge in [-0.05, 0) is 13.0 Å². The number of para-hydroxylation sites is 1. The number of nitrogens with zero attached hydrogens (tertiary/aromatic N) is 3. The van der Waals surface area contributed by atoms with E-state index in [1.165, 1.54) is 0 Å². The number of nitriles is 1. The Kier molecular flexibility index (Phi) is 3.06. The largest absolute Gasteiger partial charge is 0.375 e. The molecule has 0 N–H and O–H groups in total. The minimum Gasteiger partial charge on any atom is -0.375 e. The van der Waals surface area contributed by atoms with Crippen molar-refractivity contribution in [2.24, 2.45) is 0 Å². The fourth-order valence-electron chi connectivity index (χ4n) is 2.57. The van der Waals surface area contributed by atoms with E-state index in [-0.39, 0.29) is 6.10 Å². The van der Waals surface area contributed by atoms with Crippen molar-refractivity contribution < 1.29 is 4.74 Å². The fourth-order valence-corrected chi connectivity index (χ4v) is 2.57. The maximum Gasteiger partial charge on any atom is 0.103 e. The van der Waals surface area contributed by atoms with Gasteiger partial charge in [-0.1, -0.05) is 18.2 Å². The molecule has 0 amide bonds. The van der Waals surface area contributed by atoms with Gasteiger partial charge in [0.25, 0.3) is 0 Å². The van der Waals surface area contributed by atoms with Crippen molar-refractivity contribution in [2.75, 3.05) is 24.6 Å². The summed E-state index contributed by atoms with van der Waals surface area (Å²) < 4.78 is 5.57. The molecule has 96 valence electrons. The van der Waals surface area contributed by atoms with Crippen molar-refractivity contribution in [1.29, 1.82) is 5.26 Å². The van der Waals surface area contributed by atoms with E-state index in [0.29, 0.717) is 12.2 Å². The fraction of sp³-hybridized carbons (Fsp3) is 0.333. The van der Waals surface area contributed by atoms with Crippen LogP contribution < -0.4 is 4.90 Å². The zero-order valence-electron chi connectivity index (χ0n) is 10.8. The summed E-state index contributed by atoms with van der Waals surface area (Å²) in [7, 11) is 0. The molecule has 1 aromatic heterocycles. The number of anilines is 1. The molecule has 19 heavy (non-hydrogen) atoms. The number of benzene rings is 1. The van der Waals surface area contributed by atoms with E-state index in [0.717, 1.165) is 29.7 Å². The van der Waals surface area contributed by atoms with Crippen LogP contribution in [-0.4, -0.2) is 30.8 Å². The van der Waals surface area contributed by atoms with E-state index in [9.17, 15) is 5.26 Å². The quantitative estimate of drug-likeness (QED) is 0.782. The summed E-state index contributed by atoms with van der Waals surface area (Å²) in [6.45, 7) is 4.37. The highest BCUT2D eigenvalue weighted by molar-refractivity contribution is 5.94. The lowest BCUT2D eigenvalue weighted by molar-refractivity contribution is 0.0533. The predicted molar refractivity (Wildman–Crippen MR) is 74.1 cm³/mol. The van der Waals surface area contributed by atoms with Crippen LogP contribution in [0, 0.1) is 11.3 Å². The van der Waals surface area contributed by atoms with Gasteiger partial charge in [-0.3, -0.25) is 4.98 Å². The van der Waals surface area contributed by atoms with E-state index in [1.807, 2.05) is 24.3 Å². The Balaban J connectivity index is 2.17. The molecule has 0 aliphatic carbocycles. The predicted octanol–water partition coefficient (Wildman–Crippen LogP) is 2.33. The van der Waals surface area contributed by atoms with Gasteiger partial charge in [-0.15, -0.1) is 0 Å². The van der Waals surface area contributed by atoms with Gasteiger partial charge in [-0.25, -0.2) is 0 Å². The number of rotatable bonds is 1. The summed E-state index contributed by atoms with van der Waals surface area (Å²) in [4.78, 5) is 6.58. The van der Waals surface area contributed by atoms with Crippen LogP contribution in [0.1, 0.15) is 12.5 Å². The molecule has 2 heterocycles. The number of ether oxygens (including phenoxy) is 1. The summed E-state index contributed by atoms with van der Waals surface area (Å²) >= 11 is 0. The molecule has 1 aromatic carbocycles. The SMILES string of the molecule is C[C@H]1CN(c2c(C#N)cnc3ccccc23)CCO1. The molecule has 4 nitrogen and oxygen atoms in total. The van der Waals surface area contributed by atoms with Crippen molar-refractivity contribution in [3.63, 3.8) is 0 Å². The van der Waals surface area contributed by atoms with E-state index in [4.69, 9.17) is 4.74 Å². The zero-order valence-corrected chi connectivity index (χ0v) is 10.8. The number of hydrogen-bond acceptors (Lipinski definition) is 4. The third kappa shape index (κ3) is 2.13. The Morgan fingerprint density at radius 2 is 2.26 bits per heavy atom. The average Bonchev–Trinajstić information content (AvgIpc) is 2.46. The highest BCUT2D eigenvalue weighted by atomic mass is 16.5. The summed E-state index contributed by atoms with van der Waals surface area (Å²) in [6.07, 6.45) is 1.85. The monoisotopic (exact) mass is 253 g/mol. The van der Waals surface area contributed by atoms with Crippen molar-refractivity contribution in [1.82, 2.24) is 4.98 Å². The van der Waals surface area contributed by atoms with Crippen LogP contribution >= 0.6 is 0 Å². The standard InChI is InChI=1S/C15H15N3O/c1-11-10-18(6-7-19-11)15-12(8-16)9-17-14-5-3-2-4-13(14)15/h2-5,9,11H,6-7,10H2,1H3/t11-/m0/s1. The van der Waals surface area contributed by atoms with Crippen LogP contribution in [0.5, 0.6) is 0 Å². The first-order chi connectivity index (χ1) is 9.29. The molecule has 1 aliphatic heterocycles. The second-order valence-corrected chi connectivity index (χ2v) is 4.78. The first kappa shape index (κ1) is 11.9. The third-order valence-corrected chi connectivity index (χ3v) is 3.42. The topological polar surface area (TPSA) is 49.2 Å². The average molecular weight is 253 g/mol. The summed E-state index contributed by atoms with van der Waals surface area (Å²) in [6, 6.07) is 10.2. The van der Waals surface area contributed by atoms with Gasteiger partial charge in [0.15, 0.2) is 0 Å². The van der Waals surface area contributed by atoms with Gasteiger partial charge in [-0.2, -0.15) is 5.26 Å². The van der Waals surface area contributed by atoms with Gasteiger partial charge in [0, 0.05) is 24.7 Å². The molecule has 0 saturated carbocycles. The molecule has 2 aromatic rings. The third-order valence-electron chi connectivity index (χ3n) is 3.42. The van der Waals surface area contributed by atoms with Crippen LogP contribution in [0.15, 0.2) is 30.5 Å². The van der Waals surface area contributed by atoms with Gasteiger partial charge in [0.2, 0.25) is 0 Å². The smallest absolute Gasteiger partial charge is 0.103 e. The second-order valence-electron chi connectivity index (χ2n) is 4.78. The zero-order chi connectivity index (χ0) is 13.2. The molecule has 3 rings (SSSR count).